The molecule has 2 aliphatic rings. The van der Waals surface area contributed by atoms with E-state index in [0.717, 1.165) is 30.4 Å². The van der Waals surface area contributed by atoms with Gasteiger partial charge in [-0.25, -0.2) is 8.42 Å². The Morgan fingerprint density at radius 3 is 2.52 bits per heavy atom. The summed E-state index contributed by atoms with van der Waals surface area (Å²) in [5.41, 5.74) is 1.79. The Bertz CT molecular complexity index is 1200. The number of benzene rings is 2. The summed E-state index contributed by atoms with van der Waals surface area (Å²) in [6, 6.07) is 14.7. The van der Waals surface area contributed by atoms with Gasteiger partial charge in [-0.3, -0.25) is 0 Å². The van der Waals surface area contributed by atoms with Gasteiger partial charge in [0.05, 0.1) is 12.0 Å². The van der Waals surface area contributed by atoms with Crippen LogP contribution >= 0.6 is 0 Å². The third-order valence-electron chi connectivity index (χ3n) is 6.67. The fourth-order valence-electron chi connectivity index (χ4n) is 4.65. The highest BCUT2D eigenvalue weighted by molar-refractivity contribution is 7.89. The summed E-state index contributed by atoms with van der Waals surface area (Å²) in [5.74, 6) is 2.10. The lowest BCUT2D eigenvalue weighted by Crippen LogP contribution is -2.39. The molecule has 8 heteroatoms. The van der Waals surface area contributed by atoms with Gasteiger partial charge in [0.15, 0.2) is 0 Å². The highest BCUT2D eigenvalue weighted by Gasteiger charge is 2.58. The molecule has 0 bridgehead atoms. The summed E-state index contributed by atoms with van der Waals surface area (Å²) < 4.78 is 39.1. The van der Waals surface area contributed by atoms with E-state index in [1.165, 1.54) is 0 Å². The molecular weight excluding hydrogens is 414 g/mol. The molecule has 5 rings (SSSR count). The van der Waals surface area contributed by atoms with Gasteiger partial charge in [-0.2, -0.15) is 4.31 Å². The van der Waals surface area contributed by atoms with E-state index in [4.69, 9.17) is 9.15 Å². The van der Waals surface area contributed by atoms with Gasteiger partial charge in [-0.15, -0.1) is 10.2 Å². The Kier molecular flexibility index (Phi) is 4.86. The molecule has 1 saturated heterocycles. The monoisotopic (exact) mass is 439 g/mol. The first kappa shape index (κ1) is 20.2. The summed E-state index contributed by atoms with van der Waals surface area (Å²) >= 11 is 0. The Labute approximate surface area is 182 Å². The van der Waals surface area contributed by atoms with Crippen molar-refractivity contribution < 1.29 is 17.6 Å². The van der Waals surface area contributed by atoms with Gasteiger partial charge >= 0.3 is 0 Å². The van der Waals surface area contributed by atoms with Gasteiger partial charge in [-0.1, -0.05) is 18.2 Å². The lowest BCUT2D eigenvalue weighted by molar-refractivity contribution is 0.246. The summed E-state index contributed by atoms with van der Waals surface area (Å²) in [6.45, 7) is 2.86. The van der Waals surface area contributed by atoms with E-state index in [9.17, 15) is 8.42 Å². The number of nitrogens with zero attached hydrogens (tertiary/aromatic N) is 3. The van der Waals surface area contributed by atoms with Gasteiger partial charge < -0.3 is 9.15 Å². The molecular formula is C23H25N3O4S. The number of hydrogen-bond acceptors (Lipinski definition) is 6. The van der Waals surface area contributed by atoms with Crippen molar-refractivity contribution in [2.45, 2.75) is 37.0 Å². The van der Waals surface area contributed by atoms with Crippen molar-refractivity contribution in [3.05, 3.63) is 60.0 Å². The third kappa shape index (κ3) is 3.53. The van der Waals surface area contributed by atoms with Crippen LogP contribution in [0.4, 0.5) is 0 Å². The standard InChI is InChI=1S/C23H25N3O4S/c1-16-14-18(8-9-20(16)29-2)31(27,28)26-12-10-23(11-13-26)15-19(23)22-25-24-21(30-22)17-6-4-3-5-7-17/h3-9,14,19H,10-13,15H2,1-2H3/t19-/m1/s1. The predicted molar refractivity (Wildman–Crippen MR) is 115 cm³/mol. The van der Waals surface area contributed by atoms with Crippen LogP contribution in [0.1, 0.15) is 36.6 Å². The maximum absolute atomic E-state index is 13.1. The molecule has 1 spiro atoms. The number of aromatic nitrogens is 2. The van der Waals surface area contributed by atoms with E-state index in [2.05, 4.69) is 10.2 Å². The first-order valence-corrected chi connectivity index (χ1v) is 11.9. The van der Waals surface area contributed by atoms with Crippen molar-refractivity contribution in [3.63, 3.8) is 0 Å². The molecule has 0 radical (unpaired) electrons. The van der Waals surface area contributed by atoms with Crippen LogP contribution in [0.5, 0.6) is 5.75 Å². The van der Waals surface area contributed by atoms with Crippen LogP contribution in [0.3, 0.4) is 0 Å². The lowest BCUT2D eigenvalue weighted by Gasteiger charge is -2.32. The topological polar surface area (TPSA) is 85.5 Å². The Morgan fingerprint density at radius 2 is 1.84 bits per heavy atom. The average Bonchev–Trinajstić information content (AvgIpc) is 3.25. The number of piperidine rings is 1. The summed E-state index contributed by atoms with van der Waals surface area (Å²) in [4.78, 5) is 0.318. The van der Waals surface area contributed by atoms with E-state index in [0.29, 0.717) is 35.5 Å². The van der Waals surface area contributed by atoms with Crippen molar-refractivity contribution in [2.24, 2.45) is 5.41 Å². The number of hydrogen-bond donors (Lipinski definition) is 0. The summed E-state index contributed by atoms with van der Waals surface area (Å²) in [6.07, 6.45) is 2.57. The van der Waals surface area contributed by atoms with E-state index >= 15 is 0 Å². The highest BCUT2D eigenvalue weighted by Crippen LogP contribution is 2.64. The van der Waals surface area contributed by atoms with Gasteiger partial charge in [-0.05, 0) is 67.5 Å². The smallest absolute Gasteiger partial charge is 0.247 e. The van der Waals surface area contributed by atoms with Crippen LogP contribution in [-0.4, -0.2) is 43.1 Å². The number of methoxy groups -OCH3 is 1. The van der Waals surface area contributed by atoms with Gasteiger partial charge in [0.25, 0.3) is 0 Å². The highest BCUT2D eigenvalue weighted by atomic mass is 32.2. The normalized spacial score (nSPS) is 20.6. The largest absolute Gasteiger partial charge is 0.496 e. The lowest BCUT2D eigenvalue weighted by atomic mass is 9.92. The maximum Gasteiger partial charge on any atom is 0.247 e. The second kappa shape index (κ2) is 7.46. The van der Waals surface area contributed by atoms with Crippen LogP contribution in [0.2, 0.25) is 0 Å². The van der Waals surface area contributed by atoms with Crippen LogP contribution in [-0.2, 0) is 10.0 Å². The second-order valence-electron chi connectivity index (χ2n) is 8.47. The molecule has 2 heterocycles. The molecule has 7 nitrogen and oxygen atoms in total. The molecule has 1 atom stereocenters. The zero-order valence-electron chi connectivity index (χ0n) is 17.6. The molecule has 2 aromatic carbocycles. The molecule has 2 fully saturated rings. The minimum Gasteiger partial charge on any atom is -0.496 e. The molecule has 0 amide bonds. The van der Waals surface area contributed by atoms with Crippen molar-refractivity contribution in [1.29, 1.82) is 0 Å². The quantitative estimate of drug-likeness (QED) is 0.597. The minimum atomic E-state index is -3.52. The van der Waals surface area contributed by atoms with E-state index in [-0.39, 0.29) is 11.3 Å². The van der Waals surface area contributed by atoms with Crippen molar-refractivity contribution >= 4 is 10.0 Å². The Hall–Kier alpha value is -2.71. The predicted octanol–water partition coefficient (Wildman–Crippen LogP) is 4.01. The first-order valence-electron chi connectivity index (χ1n) is 10.5. The van der Waals surface area contributed by atoms with Crippen LogP contribution in [0.15, 0.2) is 57.8 Å². The SMILES string of the molecule is COc1ccc(S(=O)(=O)N2CCC3(CC2)C[C@@H]3c2nnc(-c3ccccc3)o2)cc1C. The van der Waals surface area contributed by atoms with Gasteiger partial charge in [0.2, 0.25) is 21.8 Å². The average molecular weight is 440 g/mol. The number of ether oxygens (including phenoxy) is 1. The van der Waals surface area contributed by atoms with E-state index in [1.807, 2.05) is 37.3 Å². The van der Waals surface area contributed by atoms with Gasteiger partial charge in [0.1, 0.15) is 5.75 Å². The third-order valence-corrected chi connectivity index (χ3v) is 8.57. The zero-order chi connectivity index (χ0) is 21.6. The first-order chi connectivity index (χ1) is 14.9. The molecule has 3 aromatic rings. The fourth-order valence-corrected chi connectivity index (χ4v) is 6.18. The van der Waals surface area contributed by atoms with Crippen molar-refractivity contribution in [1.82, 2.24) is 14.5 Å². The molecule has 0 N–H and O–H groups in total. The molecule has 1 aromatic heterocycles. The molecule has 1 aliphatic heterocycles. The molecule has 1 saturated carbocycles. The van der Waals surface area contributed by atoms with Crippen molar-refractivity contribution in [2.75, 3.05) is 20.2 Å². The van der Waals surface area contributed by atoms with Crippen molar-refractivity contribution in [3.8, 4) is 17.2 Å². The van der Waals surface area contributed by atoms with Crippen LogP contribution in [0.25, 0.3) is 11.5 Å². The van der Waals surface area contributed by atoms with E-state index < -0.39 is 10.0 Å². The molecule has 1 aliphatic carbocycles. The molecule has 31 heavy (non-hydrogen) atoms. The van der Waals surface area contributed by atoms with Crippen LogP contribution in [0, 0.1) is 12.3 Å². The number of sulfonamides is 1. The Balaban J connectivity index is 1.27. The fraction of sp³-hybridized carbons (Fsp3) is 0.391. The van der Waals surface area contributed by atoms with E-state index in [1.54, 1.807) is 29.6 Å². The van der Waals surface area contributed by atoms with Crippen LogP contribution < -0.4 is 4.74 Å². The summed E-state index contributed by atoms with van der Waals surface area (Å²) in [5, 5.41) is 8.49. The second-order valence-corrected chi connectivity index (χ2v) is 10.4. The minimum absolute atomic E-state index is 0.0718. The zero-order valence-corrected chi connectivity index (χ0v) is 18.4. The number of rotatable bonds is 5. The molecule has 0 unspecified atom stereocenters. The summed E-state index contributed by atoms with van der Waals surface area (Å²) in [7, 11) is -1.94. The Morgan fingerprint density at radius 1 is 1.10 bits per heavy atom. The number of aryl methyl sites for hydroxylation is 1. The van der Waals surface area contributed by atoms with Gasteiger partial charge in [0, 0.05) is 24.6 Å². The molecule has 162 valence electrons. The maximum atomic E-state index is 13.1.